The predicted molar refractivity (Wildman–Crippen MR) is 104 cm³/mol. The van der Waals surface area contributed by atoms with E-state index in [1.165, 1.54) is 22.3 Å². The van der Waals surface area contributed by atoms with Crippen molar-refractivity contribution in [2.45, 2.75) is 13.0 Å². The minimum atomic E-state index is 0.669. The van der Waals surface area contributed by atoms with Crippen LogP contribution in [0.2, 0.25) is 0 Å². The van der Waals surface area contributed by atoms with Crippen molar-refractivity contribution < 1.29 is 4.74 Å². The first-order chi connectivity index (χ1) is 12.8. The average Bonchev–Trinajstić information content (AvgIpc) is 2.72. The molecule has 1 aliphatic heterocycles. The lowest BCUT2D eigenvalue weighted by Crippen LogP contribution is -2.23. The van der Waals surface area contributed by atoms with E-state index in [0.29, 0.717) is 5.88 Å². The molecule has 2 aromatic heterocycles. The average molecular weight is 343 g/mol. The maximum absolute atomic E-state index is 5.21. The first kappa shape index (κ1) is 16.3. The van der Waals surface area contributed by atoms with Gasteiger partial charge >= 0.3 is 0 Å². The lowest BCUT2D eigenvalue weighted by Gasteiger charge is -2.27. The Hall–Kier alpha value is -3.14. The molecule has 1 aromatic carbocycles. The zero-order valence-electron chi connectivity index (χ0n) is 14.8. The number of nitrogens with zero attached hydrogens (tertiary/aromatic N) is 3. The number of fused-ring (bicyclic) bond motifs is 1. The van der Waals surface area contributed by atoms with Crippen LogP contribution in [0.1, 0.15) is 16.8 Å². The molecule has 0 saturated heterocycles. The number of ether oxygens (including phenoxy) is 1. The first-order valence-corrected chi connectivity index (χ1v) is 8.78. The molecule has 0 atom stereocenters. The van der Waals surface area contributed by atoms with Gasteiger partial charge in [0.15, 0.2) is 0 Å². The number of hydrogen-bond acceptors (Lipinski definition) is 4. The molecule has 0 N–H and O–H groups in total. The molecule has 0 fully saturated rings. The standard InChI is InChI=1S/C22H21N3O/c1-26-22-7-3-5-19(24-22)11-15-25-14-10-17-4-2-6-20(21(17)16-25)18-8-12-23-13-9-18/h2-10,12-14H,11,15-16H2,1H3. The fourth-order valence-electron chi connectivity index (χ4n) is 3.30. The normalized spacial score (nSPS) is 12.7. The van der Waals surface area contributed by atoms with Crippen LogP contribution < -0.4 is 4.74 Å². The van der Waals surface area contributed by atoms with Gasteiger partial charge in [0.1, 0.15) is 0 Å². The molecule has 4 rings (SSSR count). The van der Waals surface area contributed by atoms with E-state index in [1.54, 1.807) is 7.11 Å². The highest BCUT2D eigenvalue weighted by molar-refractivity contribution is 5.73. The molecular formula is C22H21N3O. The van der Waals surface area contributed by atoms with Gasteiger partial charge in [-0.15, -0.1) is 0 Å². The Morgan fingerprint density at radius 3 is 2.73 bits per heavy atom. The largest absolute Gasteiger partial charge is 0.481 e. The fourth-order valence-corrected chi connectivity index (χ4v) is 3.30. The Labute approximate surface area is 153 Å². The van der Waals surface area contributed by atoms with Gasteiger partial charge in [-0.25, -0.2) is 4.98 Å². The van der Waals surface area contributed by atoms with Crippen LogP contribution in [-0.2, 0) is 13.0 Å². The monoisotopic (exact) mass is 343 g/mol. The second-order valence-electron chi connectivity index (χ2n) is 6.32. The van der Waals surface area contributed by atoms with Gasteiger partial charge in [0.2, 0.25) is 5.88 Å². The van der Waals surface area contributed by atoms with Crippen LogP contribution in [0.3, 0.4) is 0 Å². The summed E-state index contributed by atoms with van der Waals surface area (Å²) in [6.07, 6.45) is 8.95. The van der Waals surface area contributed by atoms with E-state index >= 15 is 0 Å². The van der Waals surface area contributed by atoms with Gasteiger partial charge in [-0.05, 0) is 52.7 Å². The summed E-state index contributed by atoms with van der Waals surface area (Å²) in [7, 11) is 1.65. The molecule has 0 aliphatic carbocycles. The summed E-state index contributed by atoms with van der Waals surface area (Å²) in [6.45, 7) is 1.81. The molecule has 0 radical (unpaired) electrons. The van der Waals surface area contributed by atoms with Crippen LogP contribution in [-0.4, -0.2) is 28.5 Å². The van der Waals surface area contributed by atoms with E-state index in [0.717, 1.165) is 25.2 Å². The number of benzene rings is 1. The van der Waals surface area contributed by atoms with Crippen LogP contribution in [0.4, 0.5) is 0 Å². The summed E-state index contributed by atoms with van der Waals surface area (Å²) in [4.78, 5) is 11.0. The van der Waals surface area contributed by atoms with E-state index in [2.05, 4.69) is 57.5 Å². The summed E-state index contributed by atoms with van der Waals surface area (Å²) in [6, 6.07) is 16.5. The van der Waals surface area contributed by atoms with E-state index in [-0.39, 0.29) is 0 Å². The lowest BCUT2D eigenvalue weighted by molar-refractivity contribution is 0.366. The van der Waals surface area contributed by atoms with Gasteiger partial charge in [0.25, 0.3) is 0 Å². The minimum Gasteiger partial charge on any atom is -0.481 e. The Kier molecular flexibility index (Phi) is 4.65. The van der Waals surface area contributed by atoms with Gasteiger partial charge in [0.05, 0.1) is 7.11 Å². The van der Waals surface area contributed by atoms with Crippen LogP contribution in [0.25, 0.3) is 17.2 Å². The van der Waals surface area contributed by atoms with E-state index in [9.17, 15) is 0 Å². The van der Waals surface area contributed by atoms with Gasteiger partial charge in [-0.1, -0.05) is 24.3 Å². The highest BCUT2D eigenvalue weighted by atomic mass is 16.5. The molecule has 4 nitrogen and oxygen atoms in total. The maximum atomic E-state index is 5.21. The number of pyridine rings is 2. The van der Waals surface area contributed by atoms with Crippen LogP contribution in [0.15, 0.2) is 67.1 Å². The molecule has 3 heterocycles. The molecule has 0 amide bonds. The first-order valence-electron chi connectivity index (χ1n) is 8.78. The van der Waals surface area contributed by atoms with Crippen molar-refractivity contribution in [1.29, 1.82) is 0 Å². The Morgan fingerprint density at radius 2 is 1.88 bits per heavy atom. The Bertz CT molecular complexity index is 922. The van der Waals surface area contributed by atoms with E-state index in [4.69, 9.17) is 4.74 Å². The number of aromatic nitrogens is 2. The third-order valence-corrected chi connectivity index (χ3v) is 4.68. The SMILES string of the molecule is COc1cccc(CCN2C=Cc3cccc(-c4ccncc4)c3C2)n1. The molecular weight excluding hydrogens is 322 g/mol. The molecule has 1 aliphatic rings. The van der Waals surface area contributed by atoms with Crippen LogP contribution in [0.5, 0.6) is 5.88 Å². The van der Waals surface area contributed by atoms with Crippen molar-refractivity contribution in [1.82, 2.24) is 14.9 Å². The zero-order valence-corrected chi connectivity index (χ0v) is 14.8. The zero-order chi connectivity index (χ0) is 17.8. The predicted octanol–water partition coefficient (Wildman–Crippen LogP) is 4.18. The lowest BCUT2D eigenvalue weighted by atomic mass is 9.94. The molecule has 26 heavy (non-hydrogen) atoms. The Balaban J connectivity index is 1.52. The van der Waals surface area contributed by atoms with Gasteiger partial charge < -0.3 is 9.64 Å². The third-order valence-electron chi connectivity index (χ3n) is 4.68. The molecule has 0 spiro atoms. The van der Waals surface area contributed by atoms with Crippen molar-refractivity contribution in [2.24, 2.45) is 0 Å². The van der Waals surface area contributed by atoms with Crippen molar-refractivity contribution in [3.8, 4) is 17.0 Å². The summed E-state index contributed by atoms with van der Waals surface area (Å²) >= 11 is 0. The summed E-state index contributed by atoms with van der Waals surface area (Å²) in [5, 5.41) is 0. The van der Waals surface area contributed by atoms with E-state index in [1.807, 2.05) is 30.6 Å². The van der Waals surface area contributed by atoms with Gasteiger partial charge in [0, 0.05) is 43.7 Å². The third kappa shape index (κ3) is 3.45. The number of methoxy groups -OCH3 is 1. The topological polar surface area (TPSA) is 38.2 Å². The highest BCUT2D eigenvalue weighted by Crippen LogP contribution is 2.30. The second-order valence-corrected chi connectivity index (χ2v) is 6.32. The molecule has 3 aromatic rings. The quantitative estimate of drug-likeness (QED) is 0.696. The molecule has 0 saturated carbocycles. The number of rotatable bonds is 5. The van der Waals surface area contributed by atoms with Crippen molar-refractivity contribution in [2.75, 3.05) is 13.7 Å². The fraction of sp³-hybridized carbons (Fsp3) is 0.182. The van der Waals surface area contributed by atoms with Crippen LogP contribution in [0, 0.1) is 0 Å². The highest BCUT2D eigenvalue weighted by Gasteiger charge is 2.15. The summed E-state index contributed by atoms with van der Waals surface area (Å²) in [5.74, 6) is 0.669. The molecule has 130 valence electrons. The van der Waals surface area contributed by atoms with Crippen molar-refractivity contribution in [3.63, 3.8) is 0 Å². The smallest absolute Gasteiger partial charge is 0.213 e. The van der Waals surface area contributed by atoms with Crippen LogP contribution >= 0.6 is 0 Å². The maximum Gasteiger partial charge on any atom is 0.213 e. The Morgan fingerprint density at radius 1 is 1.04 bits per heavy atom. The second kappa shape index (κ2) is 7.40. The molecule has 0 unspecified atom stereocenters. The molecule has 4 heteroatoms. The summed E-state index contributed by atoms with van der Waals surface area (Å²) < 4.78 is 5.21. The minimum absolute atomic E-state index is 0.669. The van der Waals surface area contributed by atoms with Crippen molar-refractivity contribution in [3.05, 3.63) is 83.9 Å². The van der Waals surface area contributed by atoms with Gasteiger partial charge in [-0.3, -0.25) is 4.98 Å². The number of hydrogen-bond donors (Lipinski definition) is 0. The van der Waals surface area contributed by atoms with Crippen molar-refractivity contribution >= 4 is 6.08 Å². The molecule has 0 bridgehead atoms. The van der Waals surface area contributed by atoms with Gasteiger partial charge in [-0.2, -0.15) is 0 Å². The van der Waals surface area contributed by atoms with E-state index < -0.39 is 0 Å². The summed E-state index contributed by atoms with van der Waals surface area (Å²) in [5.41, 5.74) is 6.18.